The van der Waals surface area contributed by atoms with E-state index >= 15 is 0 Å². The number of ether oxygens (including phenoxy) is 4. The minimum atomic E-state index is -0.375. The van der Waals surface area contributed by atoms with E-state index in [4.69, 9.17) is 18.9 Å². The molecule has 0 radical (unpaired) electrons. The monoisotopic (exact) mass is 425 g/mol. The molecule has 0 saturated heterocycles. The molecule has 1 unspecified atom stereocenters. The van der Waals surface area contributed by atoms with Gasteiger partial charge in [0, 0.05) is 6.20 Å². The number of hydrogen-bond acceptors (Lipinski definition) is 5. The summed E-state index contributed by atoms with van der Waals surface area (Å²) in [7, 11) is 3.28. The van der Waals surface area contributed by atoms with Crippen molar-refractivity contribution in [2.75, 3.05) is 27.4 Å². The first-order valence-electron chi connectivity index (χ1n) is 10.7. The van der Waals surface area contributed by atoms with Crippen molar-refractivity contribution in [2.45, 2.75) is 39.2 Å². The molecule has 0 aromatic heterocycles. The van der Waals surface area contributed by atoms with Crippen LogP contribution < -0.4 is 14.2 Å². The average Bonchev–Trinajstić information content (AvgIpc) is 2.79. The predicted octanol–water partition coefficient (Wildman–Crippen LogP) is 5.61. The quantitative estimate of drug-likeness (QED) is 0.489. The van der Waals surface area contributed by atoms with Gasteiger partial charge in [0.15, 0.2) is 11.5 Å². The van der Waals surface area contributed by atoms with E-state index in [9.17, 15) is 4.79 Å². The summed E-state index contributed by atoms with van der Waals surface area (Å²) in [5.74, 6) is 2.15. The van der Waals surface area contributed by atoms with Crippen molar-refractivity contribution in [2.24, 2.45) is 0 Å². The predicted molar refractivity (Wildman–Crippen MR) is 121 cm³/mol. The van der Waals surface area contributed by atoms with Crippen molar-refractivity contribution >= 4 is 12.2 Å². The van der Waals surface area contributed by atoms with Crippen LogP contribution in [0.1, 0.15) is 49.4 Å². The highest BCUT2D eigenvalue weighted by atomic mass is 16.6. The lowest BCUT2D eigenvalue weighted by molar-refractivity contribution is 0.109. The number of hydrogen-bond donors (Lipinski definition) is 0. The molecule has 0 bridgehead atoms. The fourth-order valence-electron chi connectivity index (χ4n) is 3.65. The first kappa shape index (κ1) is 22.5. The maximum absolute atomic E-state index is 12.7. The molecule has 0 aliphatic carbocycles. The van der Waals surface area contributed by atoms with Crippen molar-refractivity contribution in [3.8, 4) is 17.2 Å². The molecule has 1 aliphatic heterocycles. The fraction of sp³-hybridized carbons (Fsp3) is 0.400. The Balaban J connectivity index is 2.00. The van der Waals surface area contributed by atoms with Crippen LogP contribution in [0.25, 0.3) is 6.08 Å². The third kappa shape index (κ3) is 5.32. The van der Waals surface area contributed by atoms with Gasteiger partial charge in [-0.25, -0.2) is 4.79 Å². The minimum absolute atomic E-state index is 0.246. The highest BCUT2D eigenvalue weighted by Crippen LogP contribution is 2.40. The Bertz CT molecular complexity index is 924. The van der Waals surface area contributed by atoms with Crippen molar-refractivity contribution in [3.63, 3.8) is 0 Å². The Kier molecular flexibility index (Phi) is 7.82. The molecule has 1 heterocycles. The van der Waals surface area contributed by atoms with Crippen molar-refractivity contribution in [1.82, 2.24) is 4.90 Å². The summed E-state index contributed by atoms with van der Waals surface area (Å²) in [6.07, 6.45) is 5.97. The lowest BCUT2D eigenvalue weighted by Crippen LogP contribution is -2.34. The zero-order chi connectivity index (χ0) is 22.2. The standard InChI is InChI=1S/C25H31NO5/c1-5-7-13-31-24-16-19-11-12-26(25(27)30-6-2)22(21(19)17-23(24)29-4)15-18-9-8-10-20(14-18)28-3/h8-12,14,16-17,22H,5-7,13,15H2,1-4H3. The largest absolute Gasteiger partial charge is 0.497 e. The topological polar surface area (TPSA) is 57.2 Å². The molecule has 0 spiro atoms. The Morgan fingerprint density at radius 1 is 1.06 bits per heavy atom. The van der Waals surface area contributed by atoms with Crippen molar-refractivity contribution < 1.29 is 23.7 Å². The van der Waals surface area contributed by atoms with E-state index in [-0.39, 0.29) is 12.1 Å². The highest BCUT2D eigenvalue weighted by molar-refractivity contribution is 5.74. The molecule has 6 nitrogen and oxygen atoms in total. The number of benzene rings is 2. The van der Waals surface area contributed by atoms with Crippen LogP contribution in [0.4, 0.5) is 4.79 Å². The molecule has 2 aromatic carbocycles. The number of carbonyl (C=O) groups excluding carboxylic acids is 1. The van der Waals surface area contributed by atoms with E-state index in [1.807, 2.05) is 42.5 Å². The second kappa shape index (κ2) is 10.8. The van der Waals surface area contributed by atoms with Crippen LogP contribution in [0.15, 0.2) is 42.6 Å². The van der Waals surface area contributed by atoms with Crippen LogP contribution in [0.5, 0.6) is 17.2 Å². The number of fused-ring (bicyclic) bond motifs is 1. The minimum Gasteiger partial charge on any atom is -0.497 e. The summed E-state index contributed by atoms with van der Waals surface area (Å²) in [6, 6.07) is 11.6. The lowest BCUT2D eigenvalue weighted by Gasteiger charge is -2.33. The van der Waals surface area contributed by atoms with Crippen molar-refractivity contribution in [3.05, 3.63) is 59.3 Å². The summed E-state index contributed by atoms with van der Waals surface area (Å²) >= 11 is 0. The highest BCUT2D eigenvalue weighted by Gasteiger charge is 2.30. The Morgan fingerprint density at radius 3 is 2.61 bits per heavy atom. The van der Waals surface area contributed by atoms with Crippen LogP contribution >= 0.6 is 0 Å². The van der Waals surface area contributed by atoms with Crippen LogP contribution in [0.2, 0.25) is 0 Å². The normalized spacial score (nSPS) is 14.7. The van der Waals surface area contributed by atoms with Gasteiger partial charge in [0.1, 0.15) is 5.75 Å². The summed E-state index contributed by atoms with van der Waals surface area (Å²) in [5.41, 5.74) is 3.04. The average molecular weight is 426 g/mol. The SMILES string of the molecule is CCCCOc1cc2c(cc1OC)C(Cc1cccc(OC)c1)N(C(=O)OCC)C=C2. The van der Waals surface area contributed by atoms with Gasteiger partial charge in [0.2, 0.25) is 0 Å². The number of carbonyl (C=O) groups is 1. The molecule has 6 heteroatoms. The first-order chi connectivity index (χ1) is 15.1. The summed E-state index contributed by atoms with van der Waals surface area (Å²) in [6.45, 7) is 4.88. The molecule has 0 N–H and O–H groups in total. The van der Waals surface area contributed by atoms with E-state index in [2.05, 4.69) is 6.92 Å². The van der Waals surface area contributed by atoms with Gasteiger partial charge in [-0.1, -0.05) is 25.5 Å². The van der Waals surface area contributed by atoms with Crippen molar-refractivity contribution in [1.29, 1.82) is 0 Å². The van der Waals surface area contributed by atoms with Crippen LogP contribution in [-0.4, -0.2) is 38.4 Å². The van der Waals surface area contributed by atoms with Gasteiger partial charge in [0.25, 0.3) is 0 Å². The molecule has 1 atom stereocenters. The maximum Gasteiger partial charge on any atom is 0.414 e. The van der Waals surface area contributed by atoms with E-state index in [1.165, 1.54) is 0 Å². The maximum atomic E-state index is 12.7. The summed E-state index contributed by atoms with van der Waals surface area (Å²) < 4.78 is 22.2. The molecule has 166 valence electrons. The zero-order valence-corrected chi connectivity index (χ0v) is 18.7. The number of rotatable bonds is 9. The molecule has 0 saturated carbocycles. The molecule has 2 aromatic rings. The third-order valence-corrected chi connectivity index (χ3v) is 5.28. The molecule has 3 rings (SSSR count). The molecular formula is C25H31NO5. The number of unbranched alkanes of at least 4 members (excludes halogenated alkanes) is 1. The number of methoxy groups -OCH3 is 2. The Morgan fingerprint density at radius 2 is 1.90 bits per heavy atom. The molecular weight excluding hydrogens is 394 g/mol. The van der Waals surface area contributed by atoms with E-state index < -0.39 is 0 Å². The van der Waals surface area contributed by atoms with Gasteiger partial charge in [-0.15, -0.1) is 0 Å². The van der Waals surface area contributed by atoms with Gasteiger partial charge < -0.3 is 18.9 Å². The van der Waals surface area contributed by atoms with Gasteiger partial charge >= 0.3 is 6.09 Å². The smallest absolute Gasteiger partial charge is 0.414 e. The molecule has 31 heavy (non-hydrogen) atoms. The Labute approximate surface area is 184 Å². The fourth-order valence-corrected chi connectivity index (χ4v) is 3.65. The second-order valence-corrected chi connectivity index (χ2v) is 7.33. The second-order valence-electron chi connectivity index (χ2n) is 7.33. The lowest BCUT2D eigenvalue weighted by atomic mass is 9.91. The van der Waals surface area contributed by atoms with Crippen LogP contribution in [-0.2, 0) is 11.2 Å². The van der Waals surface area contributed by atoms with Gasteiger partial charge in [-0.3, -0.25) is 4.90 Å². The van der Waals surface area contributed by atoms with Crippen LogP contribution in [0, 0.1) is 0 Å². The van der Waals surface area contributed by atoms with Crippen LogP contribution in [0.3, 0.4) is 0 Å². The number of nitrogens with zero attached hydrogens (tertiary/aromatic N) is 1. The molecule has 1 amide bonds. The Hall–Kier alpha value is -3.15. The zero-order valence-electron chi connectivity index (χ0n) is 18.7. The third-order valence-electron chi connectivity index (χ3n) is 5.28. The molecule has 0 fully saturated rings. The van der Waals surface area contributed by atoms with E-state index in [1.54, 1.807) is 32.2 Å². The van der Waals surface area contributed by atoms with E-state index in [0.29, 0.717) is 31.1 Å². The summed E-state index contributed by atoms with van der Waals surface area (Å²) in [5, 5.41) is 0. The van der Waals surface area contributed by atoms with E-state index in [0.717, 1.165) is 35.3 Å². The molecule has 1 aliphatic rings. The van der Waals surface area contributed by atoms with Gasteiger partial charge in [-0.2, -0.15) is 0 Å². The summed E-state index contributed by atoms with van der Waals surface area (Å²) in [4.78, 5) is 14.3. The van der Waals surface area contributed by atoms with Gasteiger partial charge in [-0.05, 0) is 66.8 Å². The van der Waals surface area contributed by atoms with Gasteiger partial charge in [0.05, 0.1) is 33.5 Å². The number of amides is 1. The first-order valence-corrected chi connectivity index (χ1v) is 10.7.